The zero-order valence-electron chi connectivity index (χ0n) is 18.7. The van der Waals surface area contributed by atoms with Crippen LogP contribution in [0.2, 0.25) is 0 Å². The molecule has 0 spiro atoms. The van der Waals surface area contributed by atoms with Crippen LogP contribution in [0.1, 0.15) is 27.0 Å². The van der Waals surface area contributed by atoms with Gasteiger partial charge in [-0.05, 0) is 30.2 Å². The summed E-state index contributed by atoms with van der Waals surface area (Å²) < 4.78 is 30.6. The maximum absolute atomic E-state index is 13.9. The van der Waals surface area contributed by atoms with Gasteiger partial charge in [-0.3, -0.25) is 4.79 Å². The van der Waals surface area contributed by atoms with Crippen molar-refractivity contribution in [2.75, 3.05) is 20.3 Å². The number of ether oxygens (including phenoxy) is 3. The minimum atomic E-state index is -0.416. The highest BCUT2D eigenvalue weighted by atomic mass is 19.1. The van der Waals surface area contributed by atoms with E-state index in [0.29, 0.717) is 30.1 Å². The Morgan fingerprint density at radius 2 is 1.82 bits per heavy atom. The first-order valence-electron chi connectivity index (χ1n) is 10.8. The summed E-state index contributed by atoms with van der Waals surface area (Å²) in [6.07, 6.45) is 1.80. The van der Waals surface area contributed by atoms with E-state index in [0.717, 1.165) is 27.8 Å². The van der Waals surface area contributed by atoms with E-state index in [9.17, 15) is 9.18 Å². The molecule has 1 aromatic heterocycles. The number of aromatic amines is 1. The van der Waals surface area contributed by atoms with Gasteiger partial charge >= 0.3 is 0 Å². The molecule has 0 saturated heterocycles. The monoisotopic (exact) mass is 447 g/mol. The molecule has 6 heteroatoms. The summed E-state index contributed by atoms with van der Waals surface area (Å²) >= 11 is 0. The lowest BCUT2D eigenvalue weighted by molar-refractivity contribution is 0.0882. The van der Waals surface area contributed by atoms with Crippen LogP contribution in [0, 0.1) is 12.7 Å². The van der Waals surface area contributed by atoms with Crippen molar-refractivity contribution in [3.05, 3.63) is 94.9 Å². The van der Waals surface area contributed by atoms with E-state index in [2.05, 4.69) is 4.98 Å². The molecule has 0 aliphatic rings. The summed E-state index contributed by atoms with van der Waals surface area (Å²) in [5, 5.41) is 0.831. The van der Waals surface area contributed by atoms with Gasteiger partial charge in [0, 0.05) is 46.8 Å². The smallest absolute Gasteiger partial charge is 0.169 e. The number of aromatic nitrogens is 1. The van der Waals surface area contributed by atoms with Crippen LogP contribution in [0.5, 0.6) is 11.5 Å². The number of halogens is 1. The highest BCUT2D eigenvalue weighted by Crippen LogP contribution is 2.29. The minimum absolute atomic E-state index is 0.0809. The van der Waals surface area contributed by atoms with Gasteiger partial charge in [-0.15, -0.1) is 0 Å². The zero-order chi connectivity index (χ0) is 23.2. The van der Waals surface area contributed by atoms with Crippen molar-refractivity contribution in [3.63, 3.8) is 0 Å². The fourth-order valence-corrected chi connectivity index (χ4v) is 3.76. The fourth-order valence-electron chi connectivity index (χ4n) is 3.76. The molecule has 0 fully saturated rings. The number of fused-ring (bicyclic) bond motifs is 1. The van der Waals surface area contributed by atoms with Crippen molar-refractivity contribution in [2.24, 2.45) is 0 Å². The summed E-state index contributed by atoms with van der Waals surface area (Å²) in [5.74, 6) is 0.611. The first kappa shape index (κ1) is 22.6. The normalized spacial score (nSPS) is 11.0. The maximum Gasteiger partial charge on any atom is 0.169 e. The fraction of sp³-hybridized carbons (Fsp3) is 0.222. The summed E-state index contributed by atoms with van der Waals surface area (Å²) in [4.78, 5) is 16.2. The molecule has 0 aliphatic heterocycles. The molecule has 0 atom stereocenters. The van der Waals surface area contributed by atoms with Crippen molar-refractivity contribution >= 4 is 16.7 Å². The van der Waals surface area contributed by atoms with Gasteiger partial charge in [-0.1, -0.05) is 36.4 Å². The number of carbonyl (C=O) groups is 1. The van der Waals surface area contributed by atoms with Gasteiger partial charge in [0.25, 0.3) is 0 Å². The lowest BCUT2D eigenvalue weighted by Crippen LogP contribution is -2.10. The van der Waals surface area contributed by atoms with Gasteiger partial charge in [0.2, 0.25) is 0 Å². The molecule has 4 rings (SSSR count). The molecule has 0 radical (unpaired) electrons. The number of carbonyl (C=O) groups excluding carboxylic acids is 1. The number of aryl methyl sites for hydroxylation is 1. The van der Waals surface area contributed by atoms with Crippen molar-refractivity contribution in [1.82, 2.24) is 4.98 Å². The lowest BCUT2D eigenvalue weighted by Gasteiger charge is -2.12. The van der Waals surface area contributed by atoms with Crippen molar-refractivity contribution in [3.8, 4) is 11.5 Å². The molecule has 0 unspecified atom stereocenters. The Balaban J connectivity index is 1.42. The van der Waals surface area contributed by atoms with E-state index < -0.39 is 5.82 Å². The zero-order valence-corrected chi connectivity index (χ0v) is 18.7. The molecule has 0 amide bonds. The van der Waals surface area contributed by atoms with E-state index in [4.69, 9.17) is 14.2 Å². The molecule has 1 N–H and O–H groups in total. The SMILES string of the molecule is COc1cc2[nH]cc(C(=O)Cc3ccc(F)cc3OCCOCc3ccccc3)c2cc1C. The Morgan fingerprint density at radius 3 is 2.61 bits per heavy atom. The number of rotatable bonds is 10. The average Bonchev–Trinajstić information content (AvgIpc) is 3.23. The van der Waals surface area contributed by atoms with Crippen LogP contribution >= 0.6 is 0 Å². The van der Waals surface area contributed by atoms with Crippen molar-refractivity contribution in [1.29, 1.82) is 0 Å². The maximum atomic E-state index is 13.9. The van der Waals surface area contributed by atoms with Crippen LogP contribution in [0.4, 0.5) is 4.39 Å². The van der Waals surface area contributed by atoms with Crippen molar-refractivity contribution < 1.29 is 23.4 Å². The number of hydrogen-bond acceptors (Lipinski definition) is 4. The molecule has 33 heavy (non-hydrogen) atoms. The second-order valence-corrected chi connectivity index (χ2v) is 7.81. The van der Waals surface area contributed by atoms with E-state index >= 15 is 0 Å². The van der Waals surface area contributed by atoms with Crippen LogP contribution < -0.4 is 9.47 Å². The van der Waals surface area contributed by atoms with Gasteiger partial charge in [-0.25, -0.2) is 4.39 Å². The summed E-state index contributed by atoms with van der Waals surface area (Å²) in [6.45, 7) is 3.01. The molecule has 5 nitrogen and oxygen atoms in total. The molecular weight excluding hydrogens is 421 g/mol. The van der Waals surface area contributed by atoms with Gasteiger partial charge in [0.15, 0.2) is 5.78 Å². The van der Waals surface area contributed by atoms with E-state index in [1.807, 2.05) is 49.4 Å². The Kier molecular flexibility index (Phi) is 7.05. The number of ketones is 1. The van der Waals surface area contributed by atoms with Gasteiger partial charge in [0.05, 0.1) is 20.3 Å². The van der Waals surface area contributed by atoms with Gasteiger partial charge < -0.3 is 19.2 Å². The second-order valence-electron chi connectivity index (χ2n) is 7.81. The average molecular weight is 448 g/mol. The molecular formula is C27H26FNO4. The topological polar surface area (TPSA) is 60.6 Å². The van der Waals surface area contributed by atoms with Crippen LogP contribution in [-0.2, 0) is 17.8 Å². The Bertz CT molecular complexity index is 1250. The van der Waals surface area contributed by atoms with Crippen LogP contribution in [0.3, 0.4) is 0 Å². The van der Waals surface area contributed by atoms with E-state index in [-0.39, 0.29) is 18.8 Å². The molecule has 0 saturated carbocycles. The van der Waals surface area contributed by atoms with Crippen LogP contribution in [-0.4, -0.2) is 31.1 Å². The van der Waals surface area contributed by atoms with Gasteiger partial charge in [-0.2, -0.15) is 0 Å². The summed E-state index contributed by atoms with van der Waals surface area (Å²) in [5.41, 5.74) is 4.05. The number of benzene rings is 3. The summed E-state index contributed by atoms with van der Waals surface area (Å²) in [7, 11) is 1.62. The first-order valence-corrected chi connectivity index (χ1v) is 10.8. The molecule has 4 aromatic rings. The molecule has 0 aliphatic carbocycles. The number of methoxy groups -OCH3 is 1. The van der Waals surface area contributed by atoms with Crippen LogP contribution in [0.15, 0.2) is 66.9 Å². The van der Waals surface area contributed by atoms with Crippen LogP contribution in [0.25, 0.3) is 10.9 Å². The van der Waals surface area contributed by atoms with Crippen molar-refractivity contribution in [2.45, 2.75) is 20.0 Å². The summed E-state index contributed by atoms with van der Waals surface area (Å²) in [6, 6.07) is 17.9. The molecule has 170 valence electrons. The largest absolute Gasteiger partial charge is 0.496 e. The third-order valence-electron chi connectivity index (χ3n) is 5.47. The first-order chi connectivity index (χ1) is 16.0. The van der Waals surface area contributed by atoms with Gasteiger partial charge in [0.1, 0.15) is 23.9 Å². The third-order valence-corrected chi connectivity index (χ3v) is 5.47. The Morgan fingerprint density at radius 1 is 1.00 bits per heavy atom. The quantitative estimate of drug-likeness (QED) is 0.252. The number of nitrogens with one attached hydrogen (secondary N) is 1. The predicted octanol–water partition coefficient (Wildman–Crippen LogP) is 5.65. The standard InChI is InChI=1S/C27H26FNO4/c1-18-12-22-23(16-29-24(22)15-26(18)31-2)25(30)13-20-8-9-21(28)14-27(20)33-11-10-32-17-19-6-4-3-5-7-19/h3-9,12,14-16,29H,10-11,13,17H2,1-2H3. The van der Waals surface area contributed by atoms with E-state index in [1.54, 1.807) is 19.4 Å². The Labute approximate surface area is 192 Å². The molecule has 1 heterocycles. The minimum Gasteiger partial charge on any atom is -0.496 e. The van der Waals surface area contributed by atoms with E-state index in [1.165, 1.54) is 12.1 Å². The Hall–Kier alpha value is -3.64. The highest BCUT2D eigenvalue weighted by molar-refractivity contribution is 6.09. The number of Topliss-reactive ketones (excluding diaryl/α,β-unsaturated/α-hetero) is 1. The molecule has 3 aromatic carbocycles. The predicted molar refractivity (Wildman–Crippen MR) is 126 cm³/mol. The third kappa shape index (κ3) is 5.41. The highest BCUT2D eigenvalue weighted by Gasteiger charge is 2.17. The second kappa shape index (κ2) is 10.3. The number of hydrogen-bond donors (Lipinski definition) is 1. The lowest BCUT2D eigenvalue weighted by atomic mass is 10.0. The number of H-pyrrole nitrogens is 1. The molecule has 0 bridgehead atoms.